The molecular weight excluding hydrogens is 200 g/mol. The standard InChI is InChI=1S/C14H28O2/c1-6-10(2)13(15)12-8-7-11(9-16-5)14(12,3)4/h10-13,15H,6-9H2,1-5H3. The van der Waals surface area contributed by atoms with Gasteiger partial charge in [-0.05, 0) is 36.0 Å². The Hall–Kier alpha value is -0.0800. The lowest BCUT2D eigenvalue weighted by Gasteiger charge is -2.37. The Bertz CT molecular complexity index is 213. The fourth-order valence-corrected chi connectivity index (χ4v) is 3.18. The molecule has 16 heavy (non-hydrogen) atoms. The highest BCUT2D eigenvalue weighted by atomic mass is 16.5. The predicted molar refractivity (Wildman–Crippen MR) is 67.3 cm³/mol. The second kappa shape index (κ2) is 5.50. The van der Waals surface area contributed by atoms with Crippen molar-refractivity contribution in [3.63, 3.8) is 0 Å². The van der Waals surface area contributed by atoms with Crippen molar-refractivity contribution in [2.45, 2.75) is 53.1 Å². The average Bonchev–Trinajstić information content (AvgIpc) is 2.53. The van der Waals surface area contributed by atoms with Crippen LogP contribution in [0.3, 0.4) is 0 Å². The highest BCUT2D eigenvalue weighted by molar-refractivity contribution is 4.95. The van der Waals surface area contributed by atoms with Gasteiger partial charge in [0.25, 0.3) is 0 Å². The number of aliphatic hydroxyl groups excluding tert-OH is 1. The highest BCUT2D eigenvalue weighted by Gasteiger charge is 2.46. The van der Waals surface area contributed by atoms with E-state index < -0.39 is 0 Å². The smallest absolute Gasteiger partial charge is 0.0599 e. The predicted octanol–water partition coefficient (Wildman–Crippen LogP) is 3.09. The van der Waals surface area contributed by atoms with E-state index in [9.17, 15) is 5.11 Å². The summed E-state index contributed by atoms with van der Waals surface area (Å²) in [6.45, 7) is 9.73. The molecule has 4 unspecified atom stereocenters. The summed E-state index contributed by atoms with van der Waals surface area (Å²) in [5.74, 6) is 1.44. The molecule has 1 N–H and O–H groups in total. The van der Waals surface area contributed by atoms with Gasteiger partial charge in [0.15, 0.2) is 0 Å². The first-order valence-corrected chi connectivity index (χ1v) is 6.62. The number of hydrogen-bond donors (Lipinski definition) is 1. The molecule has 0 bridgehead atoms. The summed E-state index contributed by atoms with van der Waals surface area (Å²) in [6.07, 6.45) is 3.25. The molecule has 0 aromatic heterocycles. The van der Waals surface area contributed by atoms with Crippen molar-refractivity contribution in [2.75, 3.05) is 13.7 Å². The van der Waals surface area contributed by atoms with Crippen molar-refractivity contribution < 1.29 is 9.84 Å². The molecule has 1 fully saturated rings. The lowest BCUT2D eigenvalue weighted by molar-refractivity contribution is -0.0104. The zero-order chi connectivity index (χ0) is 12.3. The van der Waals surface area contributed by atoms with Gasteiger partial charge in [0.2, 0.25) is 0 Å². The van der Waals surface area contributed by atoms with Crippen molar-refractivity contribution in [2.24, 2.45) is 23.2 Å². The quantitative estimate of drug-likeness (QED) is 0.783. The van der Waals surface area contributed by atoms with Crippen molar-refractivity contribution in [3.05, 3.63) is 0 Å². The Balaban J connectivity index is 2.69. The summed E-state index contributed by atoms with van der Waals surface area (Å²) in [5, 5.41) is 10.4. The Labute approximate surface area is 100 Å². The van der Waals surface area contributed by atoms with Crippen LogP contribution < -0.4 is 0 Å². The molecule has 4 atom stereocenters. The minimum absolute atomic E-state index is 0.151. The molecule has 0 heterocycles. The van der Waals surface area contributed by atoms with Crippen LogP contribution in [0.4, 0.5) is 0 Å². The fourth-order valence-electron chi connectivity index (χ4n) is 3.18. The van der Waals surface area contributed by atoms with Gasteiger partial charge in [0.05, 0.1) is 6.10 Å². The van der Waals surface area contributed by atoms with Crippen molar-refractivity contribution >= 4 is 0 Å². The Morgan fingerprint density at radius 3 is 2.50 bits per heavy atom. The lowest BCUT2D eigenvalue weighted by atomic mass is 9.71. The van der Waals surface area contributed by atoms with Crippen LogP contribution in [0.5, 0.6) is 0 Å². The monoisotopic (exact) mass is 228 g/mol. The van der Waals surface area contributed by atoms with Gasteiger partial charge in [-0.1, -0.05) is 34.1 Å². The Morgan fingerprint density at radius 2 is 2.00 bits per heavy atom. The maximum atomic E-state index is 10.4. The summed E-state index contributed by atoms with van der Waals surface area (Å²) in [5.41, 5.74) is 0.207. The van der Waals surface area contributed by atoms with Crippen molar-refractivity contribution in [3.8, 4) is 0 Å². The molecule has 0 amide bonds. The molecule has 0 aromatic rings. The van der Waals surface area contributed by atoms with Crippen molar-refractivity contribution in [1.82, 2.24) is 0 Å². The van der Waals surface area contributed by atoms with Gasteiger partial charge < -0.3 is 9.84 Å². The third-order valence-electron chi connectivity index (χ3n) is 4.84. The second-order valence-electron chi connectivity index (χ2n) is 6.03. The first-order chi connectivity index (χ1) is 7.45. The highest BCUT2D eigenvalue weighted by Crippen LogP contribution is 2.50. The molecule has 0 radical (unpaired) electrons. The van der Waals surface area contributed by atoms with E-state index in [0.717, 1.165) is 19.4 Å². The number of aliphatic hydroxyl groups is 1. The van der Waals surface area contributed by atoms with E-state index in [4.69, 9.17) is 4.74 Å². The van der Waals surface area contributed by atoms with Gasteiger partial charge >= 0.3 is 0 Å². The maximum Gasteiger partial charge on any atom is 0.0599 e. The minimum atomic E-state index is -0.151. The molecule has 2 heteroatoms. The van der Waals surface area contributed by atoms with Gasteiger partial charge in [-0.15, -0.1) is 0 Å². The number of rotatable bonds is 5. The van der Waals surface area contributed by atoms with Crippen LogP contribution in [0.1, 0.15) is 47.0 Å². The lowest BCUT2D eigenvalue weighted by Crippen LogP contribution is -2.37. The fraction of sp³-hybridized carbons (Fsp3) is 1.00. The van der Waals surface area contributed by atoms with Gasteiger partial charge in [-0.3, -0.25) is 0 Å². The van der Waals surface area contributed by atoms with Gasteiger partial charge in [0.1, 0.15) is 0 Å². The molecular formula is C14H28O2. The molecule has 0 aromatic carbocycles. The number of hydrogen-bond acceptors (Lipinski definition) is 2. The molecule has 0 saturated heterocycles. The van der Waals surface area contributed by atoms with E-state index in [0.29, 0.717) is 17.8 Å². The summed E-state index contributed by atoms with van der Waals surface area (Å²) in [6, 6.07) is 0. The maximum absolute atomic E-state index is 10.4. The molecule has 1 saturated carbocycles. The largest absolute Gasteiger partial charge is 0.393 e. The molecule has 0 spiro atoms. The van der Waals surface area contributed by atoms with E-state index >= 15 is 0 Å². The van der Waals surface area contributed by atoms with Crippen LogP contribution in [-0.2, 0) is 4.74 Å². The third-order valence-corrected chi connectivity index (χ3v) is 4.84. The van der Waals surface area contributed by atoms with E-state index in [1.54, 1.807) is 7.11 Å². The van der Waals surface area contributed by atoms with Crippen LogP contribution in [-0.4, -0.2) is 24.9 Å². The molecule has 96 valence electrons. The SMILES string of the molecule is CCC(C)C(O)C1CCC(COC)C1(C)C. The molecule has 1 aliphatic carbocycles. The topological polar surface area (TPSA) is 29.5 Å². The van der Waals surface area contributed by atoms with Gasteiger partial charge in [-0.25, -0.2) is 0 Å². The Morgan fingerprint density at radius 1 is 1.38 bits per heavy atom. The van der Waals surface area contributed by atoms with E-state index in [1.165, 1.54) is 6.42 Å². The first kappa shape index (κ1) is 14.0. The van der Waals surface area contributed by atoms with Crippen molar-refractivity contribution in [1.29, 1.82) is 0 Å². The summed E-state index contributed by atoms with van der Waals surface area (Å²) in [7, 11) is 1.77. The van der Waals surface area contributed by atoms with E-state index in [2.05, 4.69) is 27.7 Å². The molecule has 0 aliphatic heterocycles. The third kappa shape index (κ3) is 2.60. The molecule has 2 nitrogen and oxygen atoms in total. The number of ether oxygens (including phenoxy) is 1. The zero-order valence-corrected chi connectivity index (χ0v) is 11.5. The first-order valence-electron chi connectivity index (χ1n) is 6.62. The van der Waals surface area contributed by atoms with Crippen LogP contribution in [0.2, 0.25) is 0 Å². The molecule has 1 aliphatic rings. The summed E-state index contributed by atoms with van der Waals surface area (Å²) >= 11 is 0. The van der Waals surface area contributed by atoms with Crippen LogP contribution >= 0.6 is 0 Å². The minimum Gasteiger partial charge on any atom is -0.393 e. The van der Waals surface area contributed by atoms with E-state index in [-0.39, 0.29) is 11.5 Å². The summed E-state index contributed by atoms with van der Waals surface area (Å²) < 4.78 is 5.29. The van der Waals surface area contributed by atoms with Gasteiger partial charge in [0, 0.05) is 13.7 Å². The van der Waals surface area contributed by atoms with Gasteiger partial charge in [-0.2, -0.15) is 0 Å². The summed E-state index contributed by atoms with van der Waals surface area (Å²) in [4.78, 5) is 0. The van der Waals surface area contributed by atoms with E-state index in [1.807, 2.05) is 0 Å². The normalized spacial score (nSPS) is 32.6. The average molecular weight is 228 g/mol. The Kier molecular flexibility index (Phi) is 4.81. The second-order valence-corrected chi connectivity index (χ2v) is 6.03. The number of methoxy groups -OCH3 is 1. The zero-order valence-electron chi connectivity index (χ0n) is 11.5. The molecule has 1 rings (SSSR count). The van der Waals surface area contributed by atoms with Crippen LogP contribution in [0, 0.1) is 23.2 Å². The van der Waals surface area contributed by atoms with Crippen LogP contribution in [0.25, 0.3) is 0 Å². The van der Waals surface area contributed by atoms with Crippen LogP contribution in [0.15, 0.2) is 0 Å².